The van der Waals surface area contributed by atoms with Crippen molar-refractivity contribution in [3.8, 4) is 0 Å². The lowest BCUT2D eigenvalue weighted by molar-refractivity contribution is 0.0674. The first kappa shape index (κ1) is 19.0. The van der Waals surface area contributed by atoms with Gasteiger partial charge in [0.2, 0.25) is 0 Å². The van der Waals surface area contributed by atoms with Gasteiger partial charge in [0.05, 0.1) is 10.6 Å². The van der Waals surface area contributed by atoms with Gasteiger partial charge in [-0.3, -0.25) is 4.90 Å². The van der Waals surface area contributed by atoms with Crippen LogP contribution in [0.15, 0.2) is 45.3 Å². The molecule has 2 nitrogen and oxygen atoms in total. The third-order valence-corrected chi connectivity index (χ3v) is 5.86. The molecule has 1 saturated heterocycles. The van der Waals surface area contributed by atoms with E-state index in [1.165, 1.54) is 11.1 Å². The molecule has 2 aromatic carbocycles. The zero-order valence-corrected chi connectivity index (χ0v) is 17.4. The number of hydrogen-bond donors (Lipinski definition) is 0. The van der Waals surface area contributed by atoms with Crippen molar-refractivity contribution in [2.45, 2.75) is 39.0 Å². The fourth-order valence-electron chi connectivity index (χ4n) is 3.19. The van der Waals surface area contributed by atoms with Gasteiger partial charge in [-0.2, -0.15) is 0 Å². The summed E-state index contributed by atoms with van der Waals surface area (Å²) in [5.74, 6) is -0.178. The van der Waals surface area contributed by atoms with Gasteiger partial charge in [-0.25, -0.2) is 4.39 Å². The van der Waals surface area contributed by atoms with Crippen LogP contribution in [0.3, 0.4) is 0 Å². The fourth-order valence-corrected chi connectivity index (χ4v) is 4.22. The van der Waals surface area contributed by atoms with Crippen molar-refractivity contribution < 1.29 is 9.13 Å². The summed E-state index contributed by atoms with van der Waals surface area (Å²) >= 11 is 6.95. The molecule has 1 atom stereocenters. The van der Waals surface area contributed by atoms with E-state index in [-0.39, 0.29) is 11.9 Å². The van der Waals surface area contributed by atoms with Crippen LogP contribution in [0.2, 0.25) is 0 Å². The number of halogens is 3. The Morgan fingerprint density at radius 1 is 1.12 bits per heavy atom. The molecule has 1 aliphatic rings. The highest BCUT2D eigenvalue weighted by Gasteiger charge is 2.21. The molecule has 1 heterocycles. The Bertz CT molecular complexity index is 732. The van der Waals surface area contributed by atoms with Gasteiger partial charge in [0.1, 0.15) is 5.82 Å². The highest BCUT2D eigenvalue weighted by Crippen LogP contribution is 2.25. The number of ether oxygens (including phenoxy) is 1. The van der Waals surface area contributed by atoms with Crippen molar-refractivity contribution >= 4 is 31.9 Å². The zero-order valence-electron chi connectivity index (χ0n) is 14.3. The van der Waals surface area contributed by atoms with Gasteiger partial charge in [-0.15, -0.1) is 0 Å². The third-order valence-electron chi connectivity index (χ3n) is 4.51. The highest BCUT2D eigenvalue weighted by molar-refractivity contribution is 9.10. The molecule has 2 aromatic rings. The number of hydrogen-bond acceptors (Lipinski definition) is 2. The summed E-state index contributed by atoms with van der Waals surface area (Å²) in [7, 11) is 0. The van der Waals surface area contributed by atoms with Crippen molar-refractivity contribution in [1.29, 1.82) is 0 Å². The Kier molecular flexibility index (Phi) is 6.67. The SMILES string of the molecule is Cc1ccc(CN(Cc2cccc(Br)c2F)CC2CCCO2)c(Br)c1. The molecule has 0 aliphatic carbocycles. The van der Waals surface area contributed by atoms with E-state index in [1.54, 1.807) is 6.07 Å². The quantitative estimate of drug-likeness (QED) is 0.525. The Labute approximate surface area is 165 Å². The van der Waals surface area contributed by atoms with E-state index in [2.05, 4.69) is 61.9 Å². The van der Waals surface area contributed by atoms with E-state index in [0.29, 0.717) is 16.6 Å². The molecule has 5 heteroatoms. The van der Waals surface area contributed by atoms with Crippen LogP contribution in [-0.4, -0.2) is 24.2 Å². The maximum atomic E-state index is 14.4. The summed E-state index contributed by atoms with van der Waals surface area (Å²) in [5.41, 5.74) is 3.13. The summed E-state index contributed by atoms with van der Waals surface area (Å²) in [6, 6.07) is 11.9. The molecule has 3 rings (SSSR count). The molecule has 1 unspecified atom stereocenters. The summed E-state index contributed by atoms with van der Waals surface area (Å²) in [4.78, 5) is 2.27. The molecule has 25 heavy (non-hydrogen) atoms. The minimum atomic E-state index is -0.178. The second kappa shape index (κ2) is 8.76. The number of benzene rings is 2. The number of rotatable bonds is 6. The normalized spacial score (nSPS) is 17.4. The first-order chi connectivity index (χ1) is 12.0. The smallest absolute Gasteiger partial charge is 0.141 e. The Balaban J connectivity index is 1.79. The van der Waals surface area contributed by atoms with Crippen molar-refractivity contribution in [2.24, 2.45) is 0 Å². The predicted molar refractivity (Wildman–Crippen MR) is 106 cm³/mol. The summed E-state index contributed by atoms with van der Waals surface area (Å²) in [6.07, 6.45) is 2.42. The van der Waals surface area contributed by atoms with E-state index in [4.69, 9.17) is 4.74 Å². The Hall–Kier alpha value is -0.750. The van der Waals surface area contributed by atoms with Crippen molar-refractivity contribution in [2.75, 3.05) is 13.2 Å². The van der Waals surface area contributed by atoms with E-state index in [1.807, 2.05) is 12.1 Å². The van der Waals surface area contributed by atoms with Gasteiger partial charge in [0.15, 0.2) is 0 Å². The molecule has 0 spiro atoms. The van der Waals surface area contributed by atoms with Crippen LogP contribution in [0.25, 0.3) is 0 Å². The largest absolute Gasteiger partial charge is 0.377 e. The van der Waals surface area contributed by atoms with Crippen molar-refractivity contribution in [3.63, 3.8) is 0 Å². The van der Waals surface area contributed by atoms with Crippen molar-refractivity contribution in [1.82, 2.24) is 4.90 Å². The third kappa shape index (κ3) is 5.13. The topological polar surface area (TPSA) is 12.5 Å². The molecule has 0 radical (unpaired) electrons. The van der Waals surface area contributed by atoms with Crippen LogP contribution < -0.4 is 0 Å². The van der Waals surface area contributed by atoms with E-state index >= 15 is 0 Å². The Morgan fingerprint density at radius 2 is 1.92 bits per heavy atom. The summed E-state index contributed by atoms with van der Waals surface area (Å²) < 4.78 is 21.8. The lowest BCUT2D eigenvalue weighted by Gasteiger charge is -2.26. The van der Waals surface area contributed by atoms with Crippen LogP contribution in [0, 0.1) is 12.7 Å². The second-order valence-electron chi connectivity index (χ2n) is 6.61. The first-order valence-electron chi connectivity index (χ1n) is 8.55. The van der Waals surface area contributed by atoms with Gasteiger partial charge in [-0.1, -0.05) is 40.2 Å². The van der Waals surface area contributed by atoms with E-state index < -0.39 is 0 Å². The van der Waals surface area contributed by atoms with Crippen molar-refractivity contribution in [3.05, 3.63) is 67.9 Å². The monoisotopic (exact) mass is 469 g/mol. The lowest BCUT2D eigenvalue weighted by Crippen LogP contribution is -2.32. The molecule has 0 saturated carbocycles. The fraction of sp³-hybridized carbons (Fsp3) is 0.400. The van der Waals surface area contributed by atoms with Crippen LogP contribution in [0.1, 0.15) is 29.5 Å². The lowest BCUT2D eigenvalue weighted by atomic mass is 10.1. The second-order valence-corrected chi connectivity index (χ2v) is 8.32. The maximum absolute atomic E-state index is 14.4. The molecule has 1 aliphatic heterocycles. The molecule has 0 aromatic heterocycles. The molecule has 0 bridgehead atoms. The number of nitrogens with zero attached hydrogens (tertiary/aromatic N) is 1. The summed E-state index contributed by atoms with van der Waals surface area (Å²) in [5, 5.41) is 0. The van der Waals surface area contributed by atoms with Gasteiger partial charge in [-0.05, 0) is 59.0 Å². The van der Waals surface area contributed by atoms with Crippen LogP contribution in [-0.2, 0) is 17.8 Å². The van der Waals surface area contributed by atoms with E-state index in [0.717, 1.165) is 37.0 Å². The van der Waals surface area contributed by atoms with Gasteiger partial charge >= 0.3 is 0 Å². The minimum absolute atomic E-state index is 0.178. The number of aryl methyl sites for hydroxylation is 1. The summed E-state index contributed by atoms with van der Waals surface area (Å²) in [6.45, 7) is 5.04. The molecular weight excluding hydrogens is 449 g/mol. The van der Waals surface area contributed by atoms with E-state index in [9.17, 15) is 4.39 Å². The predicted octanol–water partition coefficient (Wildman–Crippen LogP) is 5.84. The highest BCUT2D eigenvalue weighted by atomic mass is 79.9. The molecule has 134 valence electrons. The molecule has 0 amide bonds. The zero-order chi connectivity index (χ0) is 17.8. The molecule has 1 fully saturated rings. The minimum Gasteiger partial charge on any atom is -0.377 e. The van der Waals surface area contributed by atoms with Gasteiger partial charge in [0.25, 0.3) is 0 Å². The van der Waals surface area contributed by atoms with Crippen LogP contribution in [0.5, 0.6) is 0 Å². The van der Waals surface area contributed by atoms with Gasteiger partial charge < -0.3 is 4.74 Å². The average Bonchev–Trinajstić information content (AvgIpc) is 3.07. The maximum Gasteiger partial charge on any atom is 0.141 e. The van der Waals surface area contributed by atoms with Crippen LogP contribution >= 0.6 is 31.9 Å². The van der Waals surface area contributed by atoms with Crippen LogP contribution in [0.4, 0.5) is 4.39 Å². The van der Waals surface area contributed by atoms with Gasteiger partial charge in [0, 0.05) is 36.3 Å². The Morgan fingerprint density at radius 3 is 2.64 bits per heavy atom. The molecule has 0 N–H and O–H groups in total. The average molecular weight is 471 g/mol. The standard InChI is InChI=1S/C20H22Br2FNO/c1-14-7-8-15(19(22)10-14)11-24(13-17-5-3-9-25-17)12-16-4-2-6-18(21)20(16)23/h2,4,6-8,10,17H,3,5,9,11-13H2,1H3. The molecular formula is C20H22Br2FNO. The first-order valence-corrected chi connectivity index (χ1v) is 10.1.